The lowest BCUT2D eigenvalue weighted by Gasteiger charge is -2.13. The Morgan fingerprint density at radius 1 is 1.04 bits per heavy atom. The van der Waals surface area contributed by atoms with E-state index >= 15 is 0 Å². The molecule has 0 saturated carbocycles. The van der Waals surface area contributed by atoms with Gasteiger partial charge in [0.1, 0.15) is 11.5 Å². The SMILES string of the molecule is Cc1cccc(C)c1-c1cc(NCc2cccnc2)nc2[nH]ccc12. The van der Waals surface area contributed by atoms with Gasteiger partial charge < -0.3 is 10.3 Å². The minimum absolute atomic E-state index is 0.694. The molecule has 3 aromatic heterocycles. The number of benzene rings is 1. The fourth-order valence-electron chi connectivity index (χ4n) is 3.27. The van der Waals surface area contributed by atoms with Crippen molar-refractivity contribution < 1.29 is 0 Å². The lowest BCUT2D eigenvalue weighted by atomic mass is 9.94. The van der Waals surface area contributed by atoms with Crippen molar-refractivity contribution in [2.45, 2.75) is 20.4 Å². The van der Waals surface area contributed by atoms with E-state index in [1.807, 2.05) is 18.5 Å². The number of rotatable bonds is 4. The summed E-state index contributed by atoms with van der Waals surface area (Å²) in [6, 6.07) is 14.6. The third-order valence-corrected chi connectivity index (χ3v) is 4.48. The minimum Gasteiger partial charge on any atom is -0.366 e. The van der Waals surface area contributed by atoms with Gasteiger partial charge in [-0.05, 0) is 59.9 Å². The van der Waals surface area contributed by atoms with Gasteiger partial charge in [0.15, 0.2) is 0 Å². The number of H-pyrrole nitrogens is 1. The van der Waals surface area contributed by atoms with E-state index in [2.05, 4.69) is 65.5 Å². The first kappa shape index (κ1) is 15.4. The molecule has 124 valence electrons. The van der Waals surface area contributed by atoms with Crippen LogP contribution < -0.4 is 5.32 Å². The number of hydrogen-bond donors (Lipinski definition) is 2. The molecule has 4 rings (SSSR count). The van der Waals surface area contributed by atoms with E-state index in [9.17, 15) is 0 Å². The lowest BCUT2D eigenvalue weighted by Crippen LogP contribution is -2.02. The predicted molar refractivity (Wildman–Crippen MR) is 103 cm³/mol. The van der Waals surface area contributed by atoms with Crippen LogP contribution in [-0.4, -0.2) is 15.0 Å². The smallest absolute Gasteiger partial charge is 0.140 e. The van der Waals surface area contributed by atoms with Crippen molar-refractivity contribution in [3.8, 4) is 11.1 Å². The number of nitrogens with one attached hydrogen (secondary N) is 2. The normalized spacial score (nSPS) is 11.0. The summed E-state index contributed by atoms with van der Waals surface area (Å²) in [5.41, 5.74) is 7.05. The van der Waals surface area contributed by atoms with Gasteiger partial charge in [0.25, 0.3) is 0 Å². The molecule has 3 heterocycles. The highest BCUT2D eigenvalue weighted by Crippen LogP contribution is 2.34. The molecule has 0 unspecified atom stereocenters. The van der Waals surface area contributed by atoms with Crippen molar-refractivity contribution in [1.82, 2.24) is 15.0 Å². The zero-order valence-electron chi connectivity index (χ0n) is 14.4. The second kappa shape index (κ2) is 6.40. The van der Waals surface area contributed by atoms with Crippen LogP contribution in [0.25, 0.3) is 22.2 Å². The number of aromatic amines is 1. The summed E-state index contributed by atoms with van der Waals surface area (Å²) in [5, 5.41) is 4.56. The Bertz CT molecular complexity index is 998. The first-order chi connectivity index (χ1) is 12.2. The van der Waals surface area contributed by atoms with E-state index in [0.29, 0.717) is 6.54 Å². The quantitative estimate of drug-likeness (QED) is 0.563. The number of anilines is 1. The second-order valence-electron chi connectivity index (χ2n) is 6.28. The van der Waals surface area contributed by atoms with Gasteiger partial charge in [-0.2, -0.15) is 0 Å². The average molecular weight is 328 g/mol. The van der Waals surface area contributed by atoms with Crippen LogP contribution in [-0.2, 0) is 6.54 Å². The molecule has 0 aliphatic heterocycles. The van der Waals surface area contributed by atoms with E-state index < -0.39 is 0 Å². The fraction of sp³-hybridized carbons (Fsp3) is 0.143. The molecule has 25 heavy (non-hydrogen) atoms. The molecule has 0 radical (unpaired) electrons. The summed E-state index contributed by atoms with van der Waals surface area (Å²) in [4.78, 5) is 12.1. The van der Waals surface area contributed by atoms with Gasteiger partial charge in [-0.3, -0.25) is 4.98 Å². The first-order valence-electron chi connectivity index (χ1n) is 8.40. The Morgan fingerprint density at radius 2 is 1.88 bits per heavy atom. The molecule has 0 amide bonds. The molecule has 4 aromatic rings. The van der Waals surface area contributed by atoms with E-state index in [-0.39, 0.29) is 0 Å². The van der Waals surface area contributed by atoms with Gasteiger partial charge in [-0.25, -0.2) is 4.98 Å². The number of aromatic nitrogens is 3. The van der Waals surface area contributed by atoms with E-state index in [1.165, 1.54) is 22.3 Å². The van der Waals surface area contributed by atoms with Crippen molar-refractivity contribution in [1.29, 1.82) is 0 Å². The molecule has 1 aromatic carbocycles. The van der Waals surface area contributed by atoms with Crippen LogP contribution in [0, 0.1) is 13.8 Å². The highest BCUT2D eigenvalue weighted by atomic mass is 15.0. The number of nitrogens with zero attached hydrogens (tertiary/aromatic N) is 2. The van der Waals surface area contributed by atoms with Crippen LogP contribution >= 0.6 is 0 Å². The van der Waals surface area contributed by atoms with Crippen molar-refractivity contribution in [2.24, 2.45) is 0 Å². The van der Waals surface area contributed by atoms with E-state index in [4.69, 9.17) is 4.98 Å². The molecule has 0 bridgehead atoms. The lowest BCUT2D eigenvalue weighted by molar-refractivity contribution is 1.09. The maximum absolute atomic E-state index is 4.71. The Labute approximate surface area is 147 Å². The van der Waals surface area contributed by atoms with Gasteiger partial charge in [-0.1, -0.05) is 24.3 Å². The molecule has 0 saturated heterocycles. The van der Waals surface area contributed by atoms with Crippen LogP contribution in [0.4, 0.5) is 5.82 Å². The summed E-state index contributed by atoms with van der Waals surface area (Å²) in [6.07, 6.45) is 5.60. The van der Waals surface area contributed by atoms with Crippen LogP contribution in [0.1, 0.15) is 16.7 Å². The van der Waals surface area contributed by atoms with E-state index in [0.717, 1.165) is 22.4 Å². The van der Waals surface area contributed by atoms with Crippen molar-refractivity contribution in [3.63, 3.8) is 0 Å². The Balaban J connectivity index is 1.78. The predicted octanol–water partition coefficient (Wildman–Crippen LogP) is 4.85. The van der Waals surface area contributed by atoms with Gasteiger partial charge in [0.2, 0.25) is 0 Å². The average Bonchev–Trinajstić information content (AvgIpc) is 3.09. The Kier molecular flexibility index (Phi) is 3.94. The van der Waals surface area contributed by atoms with Gasteiger partial charge in [0, 0.05) is 30.5 Å². The molecule has 4 heteroatoms. The van der Waals surface area contributed by atoms with Crippen LogP contribution in [0.5, 0.6) is 0 Å². The van der Waals surface area contributed by atoms with Crippen LogP contribution in [0.3, 0.4) is 0 Å². The Hall–Kier alpha value is -3.14. The highest BCUT2D eigenvalue weighted by molar-refractivity contribution is 5.96. The van der Waals surface area contributed by atoms with Gasteiger partial charge in [0.05, 0.1) is 0 Å². The molecule has 2 N–H and O–H groups in total. The Morgan fingerprint density at radius 3 is 2.64 bits per heavy atom. The third kappa shape index (κ3) is 2.98. The van der Waals surface area contributed by atoms with Crippen molar-refractivity contribution in [3.05, 3.63) is 77.7 Å². The summed E-state index contributed by atoms with van der Waals surface area (Å²) in [7, 11) is 0. The third-order valence-electron chi connectivity index (χ3n) is 4.48. The number of aryl methyl sites for hydroxylation is 2. The summed E-state index contributed by atoms with van der Waals surface area (Å²) in [6.45, 7) is 5.01. The number of fused-ring (bicyclic) bond motifs is 1. The highest BCUT2D eigenvalue weighted by Gasteiger charge is 2.12. The number of hydrogen-bond acceptors (Lipinski definition) is 3. The van der Waals surface area contributed by atoms with Crippen LogP contribution in [0.15, 0.2) is 61.1 Å². The zero-order valence-corrected chi connectivity index (χ0v) is 14.4. The number of pyridine rings is 2. The van der Waals surface area contributed by atoms with E-state index in [1.54, 1.807) is 6.20 Å². The largest absolute Gasteiger partial charge is 0.366 e. The summed E-state index contributed by atoms with van der Waals surface area (Å²) < 4.78 is 0. The molecular formula is C21H20N4. The minimum atomic E-state index is 0.694. The molecule has 4 nitrogen and oxygen atoms in total. The zero-order chi connectivity index (χ0) is 17.2. The molecular weight excluding hydrogens is 308 g/mol. The molecule has 0 aliphatic rings. The summed E-state index contributed by atoms with van der Waals surface area (Å²) >= 11 is 0. The second-order valence-corrected chi connectivity index (χ2v) is 6.28. The maximum Gasteiger partial charge on any atom is 0.140 e. The van der Waals surface area contributed by atoms with Gasteiger partial charge in [-0.15, -0.1) is 0 Å². The molecule has 0 fully saturated rings. The summed E-state index contributed by atoms with van der Waals surface area (Å²) in [5.74, 6) is 0.858. The standard InChI is InChI=1S/C21H20N4/c1-14-5-3-6-15(2)20(14)18-11-19(25-21-17(18)8-10-23-21)24-13-16-7-4-9-22-12-16/h3-12H,13H2,1-2H3,(H2,23,24,25). The van der Waals surface area contributed by atoms with Crippen molar-refractivity contribution in [2.75, 3.05) is 5.32 Å². The molecule has 0 spiro atoms. The van der Waals surface area contributed by atoms with Crippen LogP contribution in [0.2, 0.25) is 0 Å². The fourth-order valence-corrected chi connectivity index (χ4v) is 3.27. The maximum atomic E-state index is 4.71. The van der Waals surface area contributed by atoms with Gasteiger partial charge >= 0.3 is 0 Å². The van der Waals surface area contributed by atoms with Crippen molar-refractivity contribution >= 4 is 16.9 Å². The topological polar surface area (TPSA) is 53.6 Å². The molecule has 0 atom stereocenters. The first-order valence-corrected chi connectivity index (χ1v) is 8.40. The molecule has 0 aliphatic carbocycles. The monoisotopic (exact) mass is 328 g/mol.